The van der Waals surface area contributed by atoms with Crippen LogP contribution in [0.3, 0.4) is 0 Å². The van der Waals surface area contributed by atoms with E-state index in [0.717, 1.165) is 4.90 Å². The van der Waals surface area contributed by atoms with E-state index >= 15 is 0 Å². The minimum absolute atomic E-state index is 0.0553. The van der Waals surface area contributed by atoms with E-state index in [9.17, 15) is 14.7 Å². The molecule has 3 N–H and O–H groups in total. The molecule has 2 aromatic carbocycles. The molecule has 0 fully saturated rings. The lowest BCUT2D eigenvalue weighted by atomic mass is 10.2. The summed E-state index contributed by atoms with van der Waals surface area (Å²) in [4.78, 5) is 29.7. The zero-order valence-electron chi connectivity index (χ0n) is 13.8. The van der Waals surface area contributed by atoms with Crippen molar-refractivity contribution >= 4 is 35.2 Å². The van der Waals surface area contributed by atoms with Gasteiger partial charge < -0.3 is 5.11 Å². The number of aromatic nitrogens is 1. The lowest BCUT2D eigenvalue weighted by Crippen LogP contribution is -2.41. The van der Waals surface area contributed by atoms with Crippen molar-refractivity contribution in [2.75, 3.05) is 0 Å². The molecular weight excluding hydrogens is 386 g/mol. The summed E-state index contributed by atoms with van der Waals surface area (Å²) in [5.41, 5.74) is 4.98. The lowest BCUT2D eigenvalue weighted by molar-refractivity contribution is 0.0843. The van der Waals surface area contributed by atoms with Crippen LogP contribution in [0.2, 0.25) is 5.02 Å². The fraction of sp³-hybridized carbons (Fsp3) is 0. The van der Waals surface area contributed by atoms with Crippen LogP contribution in [0.4, 0.5) is 0 Å². The number of halogens is 1. The maximum atomic E-state index is 12.5. The van der Waals surface area contributed by atoms with E-state index in [1.165, 1.54) is 23.9 Å². The van der Waals surface area contributed by atoms with Gasteiger partial charge in [0.15, 0.2) is 0 Å². The third-order valence-electron chi connectivity index (χ3n) is 3.48. The number of rotatable bonds is 4. The van der Waals surface area contributed by atoms with Gasteiger partial charge in [-0.15, -0.1) is 0 Å². The molecule has 0 saturated heterocycles. The molecule has 0 bridgehead atoms. The standard InChI is InChI=1S/C19H14ClN3O3S/c20-12-7-9-13(10-8-12)27-19-15(5-3-11-21-19)18(26)23-22-17(25)14-4-1-2-6-16(14)24/h1-11,24H,(H,22,25)(H,23,26). The second kappa shape index (κ2) is 8.57. The highest BCUT2D eigenvalue weighted by molar-refractivity contribution is 7.99. The minimum Gasteiger partial charge on any atom is -0.507 e. The summed E-state index contributed by atoms with van der Waals surface area (Å²) in [7, 11) is 0. The van der Waals surface area contributed by atoms with Crippen molar-refractivity contribution in [3.05, 3.63) is 83.0 Å². The van der Waals surface area contributed by atoms with Gasteiger partial charge in [-0.3, -0.25) is 20.4 Å². The van der Waals surface area contributed by atoms with Crippen LogP contribution in [-0.4, -0.2) is 21.9 Å². The molecule has 136 valence electrons. The molecule has 1 aromatic heterocycles. The SMILES string of the molecule is O=C(NNC(=O)c1cccnc1Sc1ccc(Cl)cc1)c1ccccc1O. The summed E-state index contributed by atoms with van der Waals surface area (Å²) in [5, 5.41) is 10.8. The Morgan fingerprint density at radius 3 is 2.22 bits per heavy atom. The molecule has 3 rings (SSSR count). The van der Waals surface area contributed by atoms with Crippen LogP contribution in [0.5, 0.6) is 5.75 Å². The number of phenolic OH excluding ortho intramolecular Hbond substituents is 1. The van der Waals surface area contributed by atoms with Crippen LogP contribution in [0.1, 0.15) is 20.7 Å². The molecule has 6 nitrogen and oxygen atoms in total. The van der Waals surface area contributed by atoms with Gasteiger partial charge in [-0.1, -0.05) is 35.5 Å². The highest BCUT2D eigenvalue weighted by atomic mass is 35.5. The van der Waals surface area contributed by atoms with Crippen molar-refractivity contribution in [1.29, 1.82) is 0 Å². The van der Waals surface area contributed by atoms with E-state index in [1.54, 1.807) is 42.6 Å². The summed E-state index contributed by atoms with van der Waals surface area (Å²) >= 11 is 7.18. The molecule has 0 aliphatic carbocycles. The van der Waals surface area contributed by atoms with E-state index in [1.807, 2.05) is 12.1 Å². The van der Waals surface area contributed by atoms with Gasteiger partial charge in [-0.05, 0) is 48.5 Å². The summed E-state index contributed by atoms with van der Waals surface area (Å²) in [6, 6.07) is 16.4. The fourth-order valence-electron chi connectivity index (χ4n) is 2.17. The third kappa shape index (κ3) is 4.78. The summed E-state index contributed by atoms with van der Waals surface area (Å²) in [6.07, 6.45) is 1.58. The topological polar surface area (TPSA) is 91.3 Å². The van der Waals surface area contributed by atoms with Gasteiger partial charge in [0.1, 0.15) is 10.8 Å². The van der Waals surface area contributed by atoms with Crippen molar-refractivity contribution < 1.29 is 14.7 Å². The molecular formula is C19H14ClN3O3S. The van der Waals surface area contributed by atoms with Gasteiger partial charge >= 0.3 is 0 Å². The first-order chi connectivity index (χ1) is 13.0. The highest BCUT2D eigenvalue weighted by Gasteiger charge is 2.16. The molecule has 3 aromatic rings. The highest BCUT2D eigenvalue weighted by Crippen LogP contribution is 2.29. The van der Waals surface area contributed by atoms with Crippen molar-refractivity contribution in [1.82, 2.24) is 15.8 Å². The second-order valence-electron chi connectivity index (χ2n) is 5.34. The zero-order valence-corrected chi connectivity index (χ0v) is 15.4. The normalized spacial score (nSPS) is 10.3. The number of phenols is 1. The molecule has 8 heteroatoms. The Hall–Kier alpha value is -3.03. The monoisotopic (exact) mass is 399 g/mol. The van der Waals surface area contributed by atoms with E-state index < -0.39 is 11.8 Å². The first kappa shape index (κ1) is 18.8. The number of hydrogen-bond donors (Lipinski definition) is 3. The molecule has 0 aliphatic heterocycles. The zero-order chi connectivity index (χ0) is 19.2. The number of pyridine rings is 1. The predicted molar refractivity (Wildman–Crippen MR) is 103 cm³/mol. The molecule has 2 amide bonds. The maximum absolute atomic E-state index is 12.5. The quantitative estimate of drug-likeness (QED) is 0.582. The van der Waals surface area contributed by atoms with Crippen LogP contribution in [0.15, 0.2) is 76.8 Å². The van der Waals surface area contributed by atoms with Gasteiger partial charge in [0.2, 0.25) is 0 Å². The largest absolute Gasteiger partial charge is 0.507 e. The number of benzene rings is 2. The van der Waals surface area contributed by atoms with Crippen molar-refractivity contribution in [2.45, 2.75) is 9.92 Å². The van der Waals surface area contributed by atoms with Gasteiger partial charge in [0.25, 0.3) is 11.8 Å². The number of carbonyl (C=O) groups excluding carboxylic acids is 2. The van der Waals surface area contributed by atoms with E-state index in [0.29, 0.717) is 15.6 Å². The average molecular weight is 400 g/mol. The van der Waals surface area contributed by atoms with E-state index in [2.05, 4.69) is 15.8 Å². The fourth-order valence-corrected chi connectivity index (χ4v) is 3.18. The van der Waals surface area contributed by atoms with Crippen LogP contribution in [0.25, 0.3) is 0 Å². The number of amides is 2. The van der Waals surface area contributed by atoms with Gasteiger partial charge in [-0.2, -0.15) is 0 Å². The molecule has 0 aliphatic rings. The predicted octanol–water partition coefficient (Wildman–Crippen LogP) is 3.67. The molecule has 0 spiro atoms. The number of nitrogens with one attached hydrogen (secondary N) is 2. The first-order valence-corrected chi connectivity index (χ1v) is 9.01. The van der Waals surface area contributed by atoms with Gasteiger partial charge in [0, 0.05) is 16.1 Å². The van der Waals surface area contributed by atoms with Crippen LogP contribution >= 0.6 is 23.4 Å². The number of hydrazine groups is 1. The molecule has 0 saturated carbocycles. The number of aromatic hydroxyl groups is 1. The Kier molecular flexibility index (Phi) is 5.95. The van der Waals surface area contributed by atoms with Crippen molar-refractivity contribution in [2.24, 2.45) is 0 Å². The van der Waals surface area contributed by atoms with E-state index in [4.69, 9.17) is 11.6 Å². The van der Waals surface area contributed by atoms with Crippen LogP contribution in [-0.2, 0) is 0 Å². The van der Waals surface area contributed by atoms with Gasteiger partial charge in [0.05, 0.1) is 11.1 Å². The van der Waals surface area contributed by atoms with Crippen molar-refractivity contribution in [3.8, 4) is 5.75 Å². The molecule has 0 atom stereocenters. The Morgan fingerprint density at radius 2 is 1.52 bits per heavy atom. The van der Waals surface area contributed by atoms with Crippen molar-refractivity contribution in [3.63, 3.8) is 0 Å². The molecule has 27 heavy (non-hydrogen) atoms. The summed E-state index contributed by atoms with van der Waals surface area (Å²) in [6.45, 7) is 0. The number of para-hydroxylation sites is 1. The smallest absolute Gasteiger partial charge is 0.273 e. The van der Waals surface area contributed by atoms with Crippen LogP contribution in [0, 0.1) is 0 Å². The maximum Gasteiger partial charge on any atom is 0.273 e. The molecule has 1 heterocycles. The Bertz CT molecular complexity index is 980. The van der Waals surface area contributed by atoms with Gasteiger partial charge in [-0.25, -0.2) is 4.98 Å². The Labute approximate surface area is 164 Å². The minimum atomic E-state index is -0.628. The average Bonchev–Trinajstić information content (AvgIpc) is 2.68. The molecule has 0 radical (unpaired) electrons. The number of nitrogens with zero attached hydrogens (tertiary/aromatic N) is 1. The Balaban J connectivity index is 1.71. The summed E-state index contributed by atoms with van der Waals surface area (Å²) in [5.74, 6) is -1.33. The van der Waals surface area contributed by atoms with Crippen LogP contribution < -0.4 is 10.9 Å². The van der Waals surface area contributed by atoms with E-state index in [-0.39, 0.29) is 11.3 Å². The lowest BCUT2D eigenvalue weighted by Gasteiger charge is -2.10. The number of carbonyl (C=O) groups is 2. The third-order valence-corrected chi connectivity index (χ3v) is 4.76. The second-order valence-corrected chi connectivity index (χ2v) is 6.84. The first-order valence-electron chi connectivity index (χ1n) is 7.81. The Morgan fingerprint density at radius 1 is 0.889 bits per heavy atom. The number of hydrogen-bond acceptors (Lipinski definition) is 5. The molecule has 0 unspecified atom stereocenters. The summed E-state index contributed by atoms with van der Waals surface area (Å²) < 4.78 is 0.